The van der Waals surface area contributed by atoms with Crippen LogP contribution in [0.1, 0.15) is 44.5 Å². The van der Waals surface area contributed by atoms with Crippen molar-refractivity contribution in [2.24, 2.45) is 10.7 Å². The van der Waals surface area contributed by atoms with E-state index < -0.39 is 51.5 Å². The van der Waals surface area contributed by atoms with Crippen molar-refractivity contribution in [1.29, 1.82) is 0 Å². The van der Waals surface area contributed by atoms with Crippen molar-refractivity contribution < 1.29 is 45.7 Å². The molecule has 0 aliphatic carbocycles. The Morgan fingerprint density at radius 1 is 1.02 bits per heavy atom. The summed E-state index contributed by atoms with van der Waals surface area (Å²) >= 11 is 0. The number of alkyl halides is 3. The van der Waals surface area contributed by atoms with Gasteiger partial charge in [0, 0.05) is 18.9 Å². The quantitative estimate of drug-likeness (QED) is 0.0611. The molecule has 0 radical (unpaired) electrons. The number of halogens is 3. The normalized spacial score (nSPS) is 13.6. The highest BCUT2D eigenvalue weighted by atomic mass is 32.2. The molecule has 0 saturated carbocycles. The van der Waals surface area contributed by atoms with Gasteiger partial charge in [0.05, 0.1) is 33.7 Å². The lowest BCUT2D eigenvalue weighted by Gasteiger charge is -2.24. The highest BCUT2D eigenvalue weighted by molar-refractivity contribution is 7.90. The van der Waals surface area contributed by atoms with Crippen LogP contribution in [0.15, 0.2) is 95.1 Å². The molecule has 13 nitrogen and oxygen atoms in total. The summed E-state index contributed by atoms with van der Waals surface area (Å²) in [4.78, 5) is 30.1. The SMILES string of the molecule is Cc1ccc(-c2cc(C(F)(F)F)nn2-c2ccc(S(=O)(=O)NC(=O)[C@H](Cc3ccccc3)N(C)/[N+]([O-])=N\OC(C)OC(=O)C(C)(C)C)cc2)cc1. The highest BCUT2D eigenvalue weighted by Crippen LogP contribution is 2.33. The van der Waals surface area contributed by atoms with Crippen LogP contribution < -0.4 is 4.72 Å². The first-order valence-electron chi connectivity index (χ1n) is 15.5. The molecule has 0 spiro atoms. The van der Waals surface area contributed by atoms with Gasteiger partial charge >= 0.3 is 12.1 Å². The third kappa shape index (κ3) is 9.84. The second kappa shape index (κ2) is 15.2. The monoisotopic (exact) mass is 730 g/mol. The zero-order valence-electron chi connectivity index (χ0n) is 28.6. The van der Waals surface area contributed by atoms with Crippen LogP contribution in [0, 0.1) is 17.5 Å². The van der Waals surface area contributed by atoms with Gasteiger partial charge in [0.15, 0.2) is 11.7 Å². The fourth-order valence-electron chi connectivity index (χ4n) is 4.54. The maximum atomic E-state index is 13.6. The van der Waals surface area contributed by atoms with E-state index in [4.69, 9.17) is 9.57 Å². The van der Waals surface area contributed by atoms with Crippen molar-refractivity contribution >= 4 is 21.9 Å². The van der Waals surface area contributed by atoms with Crippen LogP contribution in [-0.4, -0.2) is 59.4 Å². The molecule has 1 heterocycles. The lowest BCUT2D eigenvalue weighted by Crippen LogP contribution is -2.50. The topological polar surface area (TPSA) is 158 Å². The highest BCUT2D eigenvalue weighted by Gasteiger charge is 2.36. The Morgan fingerprint density at radius 2 is 1.63 bits per heavy atom. The molecule has 0 fully saturated rings. The zero-order chi connectivity index (χ0) is 37.7. The molecule has 1 aromatic heterocycles. The van der Waals surface area contributed by atoms with E-state index >= 15 is 0 Å². The largest absolute Gasteiger partial charge is 0.569 e. The van der Waals surface area contributed by atoms with E-state index in [1.165, 1.54) is 26.1 Å². The minimum Gasteiger partial charge on any atom is -0.569 e. The van der Waals surface area contributed by atoms with E-state index in [0.717, 1.165) is 33.5 Å². The smallest absolute Gasteiger partial charge is 0.435 e. The Labute approximate surface area is 292 Å². The molecule has 272 valence electrons. The van der Waals surface area contributed by atoms with Crippen LogP contribution in [0.5, 0.6) is 0 Å². The Hall–Kier alpha value is -5.45. The first-order valence-corrected chi connectivity index (χ1v) is 17.0. The summed E-state index contributed by atoms with van der Waals surface area (Å²) in [6.07, 6.45) is -6.14. The van der Waals surface area contributed by atoms with E-state index in [2.05, 4.69) is 10.4 Å². The van der Waals surface area contributed by atoms with Gasteiger partial charge in [-0.25, -0.2) is 17.8 Å². The molecule has 1 amide bonds. The summed E-state index contributed by atoms with van der Waals surface area (Å²) in [6, 6.07) is 19.4. The summed E-state index contributed by atoms with van der Waals surface area (Å²) in [6.45, 7) is 8.03. The van der Waals surface area contributed by atoms with Gasteiger partial charge in [-0.3, -0.25) is 14.4 Å². The van der Waals surface area contributed by atoms with Gasteiger partial charge in [-0.1, -0.05) is 60.2 Å². The number of nitrogens with zero attached hydrogens (tertiary/aromatic N) is 5. The first-order chi connectivity index (χ1) is 23.8. The van der Waals surface area contributed by atoms with Crippen molar-refractivity contribution in [3.63, 3.8) is 0 Å². The van der Waals surface area contributed by atoms with E-state index in [1.807, 2.05) is 11.6 Å². The molecule has 1 N–H and O–H groups in total. The van der Waals surface area contributed by atoms with Crippen molar-refractivity contribution in [2.75, 3.05) is 7.05 Å². The molecular formula is C34H37F3N6O7S. The number of ether oxygens (including phenoxy) is 1. The predicted molar refractivity (Wildman–Crippen MR) is 178 cm³/mol. The molecule has 0 aliphatic heterocycles. The molecule has 4 aromatic rings. The molecular weight excluding hydrogens is 693 g/mol. The molecule has 0 aliphatic rings. The molecule has 2 atom stereocenters. The van der Waals surface area contributed by atoms with Crippen LogP contribution >= 0.6 is 0 Å². The summed E-state index contributed by atoms with van der Waals surface area (Å²) in [7, 11) is -3.38. The molecule has 51 heavy (non-hydrogen) atoms. The Kier molecular flexibility index (Phi) is 11.4. The molecule has 3 aromatic carbocycles. The summed E-state index contributed by atoms with van der Waals surface area (Å²) in [5.41, 5.74) is 0.182. The molecule has 17 heteroatoms. The number of carbonyl (C=O) groups excluding carboxylic acids is 2. The van der Waals surface area contributed by atoms with E-state index in [1.54, 1.807) is 75.4 Å². The lowest BCUT2D eigenvalue weighted by molar-refractivity contribution is -0.712. The van der Waals surface area contributed by atoms with Gasteiger partial charge in [-0.05, 0) is 63.6 Å². The summed E-state index contributed by atoms with van der Waals surface area (Å²) < 4.78 is 75.8. The van der Waals surface area contributed by atoms with E-state index in [0.29, 0.717) is 11.1 Å². The number of hydrazine groups is 1. The second-order valence-corrected chi connectivity index (χ2v) is 14.3. The number of benzene rings is 3. The number of hydrogen-bond acceptors (Lipinski definition) is 9. The van der Waals surface area contributed by atoms with Gasteiger partial charge in [-0.2, -0.15) is 18.3 Å². The number of aromatic nitrogens is 2. The van der Waals surface area contributed by atoms with Crippen molar-refractivity contribution in [2.45, 2.75) is 64.4 Å². The van der Waals surface area contributed by atoms with Crippen LogP contribution in [0.3, 0.4) is 0 Å². The number of rotatable bonds is 12. The van der Waals surface area contributed by atoms with Gasteiger partial charge in [0.25, 0.3) is 22.2 Å². The average molecular weight is 731 g/mol. The summed E-state index contributed by atoms with van der Waals surface area (Å²) in [5.74, 6) is -1.71. The number of esters is 1. The summed E-state index contributed by atoms with van der Waals surface area (Å²) in [5, 5.41) is 20.8. The van der Waals surface area contributed by atoms with E-state index in [-0.39, 0.29) is 27.7 Å². The minimum atomic E-state index is -4.74. The number of hydrogen-bond donors (Lipinski definition) is 1. The average Bonchev–Trinajstić information content (AvgIpc) is 3.52. The third-order valence-electron chi connectivity index (χ3n) is 7.42. The first kappa shape index (κ1) is 38.4. The number of amides is 1. The maximum absolute atomic E-state index is 13.6. The second-order valence-electron chi connectivity index (χ2n) is 12.6. The van der Waals surface area contributed by atoms with Gasteiger partial charge in [0.1, 0.15) is 0 Å². The van der Waals surface area contributed by atoms with Gasteiger partial charge in [-0.15, -0.1) is 5.01 Å². The Balaban J connectivity index is 1.58. The molecule has 4 rings (SSSR count). The third-order valence-corrected chi connectivity index (χ3v) is 8.78. The van der Waals surface area contributed by atoms with E-state index in [9.17, 15) is 36.4 Å². The Bertz CT molecular complexity index is 1980. The maximum Gasteiger partial charge on any atom is 0.435 e. The number of aryl methyl sites for hydroxylation is 1. The van der Waals surface area contributed by atoms with Crippen molar-refractivity contribution in [3.05, 3.63) is 107 Å². The lowest BCUT2D eigenvalue weighted by atomic mass is 9.97. The number of sulfonamides is 1. The fourth-order valence-corrected chi connectivity index (χ4v) is 5.55. The van der Waals surface area contributed by atoms with Crippen LogP contribution in [0.4, 0.5) is 13.2 Å². The van der Waals surface area contributed by atoms with Crippen molar-refractivity contribution in [3.8, 4) is 16.9 Å². The van der Waals surface area contributed by atoms with Crippen LogP contribution in [-0.2, 0) is 41.8 Å². The number of carbonyl (C=O) groups is 2. The van der Waals surface area contributed by atoms with Crippen LogP contribution in [0.2, 0.25) is 0 Å². The fraction of sp³-hybridized carbons (Fsp3) is 0.324. The number of nitrogens with one attached hydrogen (secondary N) is 1. The molecule has 0 saturated heterocycles. The number of likely N-dealkylation sites (N-methyl/N-ethyl adjacent to an activating group) is 1. The predicted octanol–water partition coefficient (Wildman–Crippen LogP) is 5.96. The Morgan fingerprint density at radius 3 is 2.20 bits per heavy atom. The van der Waals surface area contributed by atoms with Gasteiger partial charge in [0.2, 0.25) is 5.28 Å². The minimum absolute atomic E-state index is 0.0824. The van der Waals surface area contributed by atoms with Gasteiger partial charge < -0.3 is 9.94 Å². The van der Waals surface area contributed by atoms with Crippen LogP contribution in [0.25, 0.3) is 16.9 Å². The zero-order valence-corrected chi connectivity index (χ0v) is 29.4. The molecule has 0 bridgehead atoms. The van der Waals surface area contributed by atoms with Crippen molar-refractivity contribution in [1.82, 2.24) is 19.5 Å². The standard InChI is InChI=1S/C34H37F3N6O7S/c1-22-12-14-25(15-13-22)28-21-30(34(35,36)37)38-42(28)26-16-18-27(19-17-26)51(47,48)39-31(44)29(20-24-10-8-7-9-11-24)41(6)43(46)40-50-23(2)49-32(45)33(3,4)5/h7-19,21,23,29H,20H2,1-6H3,(H,39,44)/b43-40+/t23?,29-/m0/s1. The molecule has 1 unspecified atom stereocenters.